The monoisotopic (exact) mass is 278 g/mol. The molecule has 0 unspecified atom stereocenters. The summed E-state index contributed by atoms with van der Waals surface area (Å²) in [5.41, 5.74) is 3.57. The zero-order valence-corrected chi connectivity index (χ0v) is 11.8. The molecule has 0 saturated carbocycles. The molecule has 0 fully saturated rings. The van der Waals surface area contributed by atoms with Crippen LogP contribution in [0, 0.1) is 6.92 Å². The van der Waals surface area contributed by atoms with Gasteiger partial charge in [-0.1, -0.05) is 24.3 Å². The predicted octanol–water partition coefficient (Wildman–Crippen LogP) is 2.96. The molecule has 0 bridgehead atoms. The van der Waals surface area contributed by atoms with Gasteiger partial charge in [0.1, 0.15) is 12.1 Å². The van der Waals surface area contributed by atoms with E-state index < -0.39 is 0 Å². The molecular formula is C16H14N4O. The van der Waals surface area contributed by atoms with Crippen molar-refractivity contribution in [2.24, 2.45) is 0 Å². The number of carbonyl (C=O) groups is 1. The summed E-state index contributed by atoms with van der Waals surface area (Å²) in [5.74, 6) is 0.355. The average molecular weight is 278 g/mol. The fraction of sp³-hybridized carbons (Fsp3) is 0.125. The van der Waals surface area contributed by atoms with E-state index in [-0.39, 0.29) is 5.91 Å². The molecule has 1 amide bonds. The van der Waals surface area contributed by atoms with Gasteiger partial charge in [0, 0.05) is 24.1 Å². The highest BCUT2D eigenvalue weighted by molar-refractivity contribution is 5.96. The number of rotatable bonds is 2. The first-order valence-electron chi connectivity index (χ1n) is 6.59. The molecule has 3 aromatic rings. The molecule has 0 aliphatic heterocycles. The lowest BCUT2D eigenvalue weighted by atomic mass is 10.0. The Kier molecular flexibility index (Phi) is 3.31. The Morgan fingerprint density at radius 3 is 2.76 bits per heavy atom. The molecule has 0 spiro atoms. The van der Waals surface area contributed by atoms with E-state index in [9.17, 15) is 4.79 Å². The Balaban J connectivity index is 2.28. The number of nitrogens with zero attached hydrogens (tertiary/aromatic N) is 3. The number of pyridine rings is 1. The first-order valence-corrected chi connectivity index (χ1v) is 6.59. The molecule has 0 aliphatic carbocycles. The van der Waals surface area contributed by atoms with Gasteiger partial charge in [-0.15, -0.1) is 0 Å². The molecule has 5 nitrogen and oxygen atoms in total. The van der Waals surface area contributed by atoms with Crippen molar-refractivity contribution in [2.75, 3.05) is 5.32 Å². The zero-order chi connectivity index (χ0) is 14.8. The van der Waals surface area contributed by atoms with Crippen molar-refractivity contribution < 1.29 is 4.79 Å². The summed E-state index contributed by atoms with van der Waals surface area (Å²) in [6.45, 7) is 3.49. The Labute approximate surface area is 122 Å². The van der Waals surface area contributed by atoms with E-state index >= 15 is 0 Å². The van der Waals surface area contributed by atoms with Crippen LogP contribution in [0.1, 0.15) is 12.5 Å². The summed E-state index contributed by atoms with van der Waals surface area (Å²) < 4.78 is 0. The molecule has 1 N–H and O–H groups in total. The van der Waals surface area contributed by atoms with E-state index in [2.05, 4.69) is 20.3 Å². The maximum absolute atomic E-state index is 11.4. The quantitative estimate of drug-likeness (QED) is 0.782. The largest absolute Gasteiger partial charge is 0.310 e. The molecule has 3 rings (SSSR count). The molecule has 1 aromatic carbocycles. The Hall–Kier alpha value is -2.82. The van der Waals surface area contributed by atoms with Crippen molar-refractivity contribution in [2.45, 2.75) is 13.8 Å². The van der Waals surface area contributed by atoms with Crippen LogP contribution in [0.4, 0.5) is 5.82 Å². The van der Waals surface area contributed by atoms with Gasteiger partial charge in [0.05, 0.1) is 0 Å². The summed E-state index contributed by atoms with van der Waals surface area (Å²) >= 11 is 0. The minimum absolute atomic E-state index is 0.161. The third-order valence-electron chi connectivity index (χ3n) is 3.22. The lowest BCUT2D eigenvalue weighted by molar-refractivity contribution is -0.114. The maximum atomic E-state index is 11.4. The molecular weight excluding hydrogens is 264 g/mol. The highest BCUT2D eigenvalue weighted by Gasteiger charge is 2.12. The van der Waals surface area contributed by atoms with Gasteiger partial charge in [0.25, 0.3) is 0 Å². The maximum Gasteiger partial charge on any atom is 0.222 e. The van der Waals surface area contributed by atoms with Gasteiger partial charge in [-0.25, -0.2) is 15.0 Å². The summed E-state index contributed by atoms with van der Waals surface area (Å²) in [7, 11) is 0. The number of anilines is 1. The standard InChI is InChI=1S/C16H14N4O/c1-10-5-3-4-6-13(10)14-7-12-8-17-9-18-15(12)20-16(14)19-11(2)21/h3-9H,1-2H3,(H,17,18,19,20,21). The van der Waals surface area contributed by atoms with Gasteiger partial charge < -0.3 is 5.32 Å². The van der Waals surface area contributed by atoms with Gasteiger partial charge >= 0.3 is 0 Å². The van der Waals surface area contributed by atoms with Crippen molar-refractivity contribution >= 4 is 22.8 Å². The predicted molar refractivity (Wildman–Crippen MR) is 81.8 cm³/mol. The first kappa shape index (κ1) is 13.2. The zero-order valence-electron chi connectivity index (χ0n) is 11.8. The van der Waals surface area contributed by atoms with Crippen LogP contribution in [0.25, 0.3) is 22.2 Å². The molecule has 2 aromatic heterocycles. The highest BCUT2D eigenvalue weighted by atomic mass is 16.1. The van der Waals surface area contributed by atoms with Crippen LogP contribution < -0.4 is 5.32 Å². The van der Waals surface area contributed by atoms with Gasteiger partial charge in [0.2, 0.25) is 5.91 Å². The average Bonchev–Trinajstić information content (AvgIpc) is 2.47. The number of nitrogens with one attached hydrogen (secondary N) is 1. The molecule has 0 atom stereocenters. The topological polar surface area (TPSA) is 67.8 Å². The Morgan fingerprint density at radius 1 is 1.19 bits per heavy atom. The summed E-state index contributed by atoms with van der Waals surface area (Å²) in [5, 5.41) is 3.62. The second-order valence-corrected chi connectivity index (χ2v) is 4.82. The summed E-state index contributed by atoms with van der Waals surface area (Å²) in [4.78, 5) is 24.0. The number of benzene rings is 1. The van der Waals surface area contributed by atoms with Crippen molar-refractivity contribution in [3.05, 3.63) is 48.4 Å². The van der Waals surface area contributed by atoms with Crippen LogP contribution in [0.5, 0.6) is 0 Å². The van der Waals surface area contributed by atoms with Gasteiger partial charge in [-0.2, -0.15) is 0 Å². The fourth-order valence-electron chi connectivity index (χ4n) is 2.26. The van der Waals surface area contributed by atoms with Gasteiger partial charge in [-0.05, 0) is 24.1 Å². The molecule has 0 saturated heterocycles. The highest BCUT2D eigenvalue weighted by Crippen LogP contribution is 2.31. The van der Waals surface area contributed by atoms with Crippen LogP contribution in [0.15, 0.2) is 42.9 Å². The molecule has 2 heterocycles. The second-order valence-electron chi connectivity index (χ2n) is 4.82. The number of hydrogen-bond donors (Lipinski definition) is 1. The minimum Gasteiger partial charge on any atom is -0.310 e. The minimum atomic E-state index is -0.161. The molecule has 21 heavy (non-hydrogen) atoms. The van der Waals surface area contributed by atoms with Crippen LogP contribution in [-0.4, -0.2) is 20.9 Å². The van der Waals surface area contributed by atoms with E-state index in [1.807, 2.05) is 37.3 Å². The van der Waals surface area contributed by atoms with E-state index in [0.717, 1.165) is 22.1 Å². The lowest BCUT2D eigenvalue weighted by Gasteiger charge is -2.12. The lowest BCUT2D eigenvalue weighted by Crippen LogP contribution is -2.09. The smallest absolute Gasteiger partial charge is 0.222 e. The van der Waals surface area contributed by atoms with Crippen LogP contribution in [-0.2, 0) is 4.79 Å². The number of hydrogen-bond acceptors (Lipinski definition) is 4. The second kappa shape index (κ2) is 5.28. The molecule has 104 valence electrons. The number of carbonyl (C=O) groups excluding carboxylic acids is 1. The van der Waals surface area contributed by atoms with Crippen molar-refractivity contribution in [1.82, 2.24) is 15.0 Å². The van der Waals surface area contributed by atoms with Crippen LogP contribution in [0.3, 0.4) is 0 Å². The van der Waals surface area contributed by atoms with Gasteiger partial charge in [-0.3, -0.25) is 4.79 Å². The normalized spacial score (nSPS) is 10.6. The number of fused-ring (bicyclic) bond motifs is 1. The van der Waals surface area contributed by atoms with Crippen molar-refractivity contribution in [1.29, 1.82) is 0 Å². The summed E-state index contributed by atoms with van der Waals surface area (Å²) in [6, 6.07) is 9.93. The van der Waals surface area contributed by atoms with E-state index in [4.69, 9.17) is 0 Å². The third kappa shape index (κ3) is 2.58. The fourth-order valence-corrected chi connectivity index (χ4v) is 2.26. The van der Waals surface area contributed by atoms with Crippen LogP contribution in [0.2, 0.25) is 0 Å². The molecule has 0 radical (unpaired) electrons. The summed E-state index contributed by atoms with van der Waals surface area (Å²) in [6.07, 6.45) is 3.16. The number of aromatic nitrogens is 3. The SMILES string of the molecule is CC(=O)Nc1nc2ncncc2cc1-c1ccccc1C. The van der Waals surface area contributed by atoms with E-state index in [1.165, 1.54) is 13.3 Å². The number of aryl methyl sites for hydroxylation is 1. The van der Waals surface area contributed by atoms with Crippen molar-refractivity contribution in [3.8, 4) is 11.1 Å². The van der Waals surface area contributed by atoms with E-state index in [1.54, 1.807) is 6.20 Å². The van der Waals surface area contributed by atoms with Crippen molar-refractivity contribution in [3.63, 3.8) is 0 Å². The Morgan fingerprint density at radius 2 is 2.00 bits per heavy atom. The van der Waals surface area contributed by atoms with E-state index in [0.29, 0.717) is 11.5 Å². The Bertz CT molecular complexity index is 829. The molecule has 0 aliphatic rings. The van der Waals surface area contributed by atoms with Crippen LogP contribution >= 0.6 is 0 Å². The first-order chi connectivity index (χ1) is 10.1. The number of amides is 1. The molecule has 5 heteroatoms. The van der Waals surface area contributed by atoms with Gasteiger partial charge in [0.15, 0.2) is 5.65 Å². The third-order valence-corrected chi connectivity index (χ3v) is 3.22.